The molecule has 2 aliphatic heterocycles. The van der Waals surface area contributed by atoms with Gasteiger partial charge in [0.1, 0.15) is 11.6 Å². The van der Waals surface area contributed by atoms with Gasteiger partial charge in [0.15, 0.2) is 5.78 Å². The molecule has 2 heterocycles. The lowest BCUT2D eigenvalue weighted by Gasteiger charge is -2.43. The van der Waals surface area contributed by atoms with E-state index in [0.29, 0.717) is 87.0 Å². The summed E-state index contributed by atoms with van der Waals surface area (Å²) in [4.78, 5) is 23.1. The summed E-state index contributed by atoms with van der Waals surface area (Å²) in [6, 6.07) is 28.1. The van der Waals surface area contributed by atoms with Crippen molar-refractivity contribution in [1.29, 1.82) is 0 Å². The van der Waals surface area contributed by atoms with Crippen LogP contribution in [0.2, 0.25) is 10.0 Å². The first-order valence-corrected chi connectivity index (χ1v) is 17.8. The van der Waals surface area contributed by atoms with Crippen LogP contribution in [-0.4, -0.2) is 93.2 Å². The highest BCUT2D eigenvalue weighted by atomic mass is 35.5. The highest BCUT2D eigenvalue weighted by molar-refractivity contribution is 6.31. The summed E-state index contributed by atoms with van der Waals surface area (Å²) in [6.45, 7) is 5.53. The Morgan fingerprint density at radius 2 is 0.960 bits per heavy atom. The van der Waals surface area contributed by atoms with E-state index in [9.17, 15) is 13.6 Å². The quantitative estimate of drug-likeness (QED) is 0.140. The van der Waals surface area contributed by atoms with Crippen LogP contribution in [0.25, 0.3) is 0 Å². The SMILES string of the molecule is O=C(C(COCc1ccccc1)N1CCN(c2ccc(Cl)cc2F)CC1)C(COCc1ccccc1)N1CCN(c2ccc(Cl)cc2F)CC1. The number of benzene rings is 4. The first kappa shape index (κ1) is 36.2. The Morgan fingerprint density at radius 1 is 0.580 bits per heavy atom. The number of hydrogen-bond donors (Lipinski definition) is 0. The highest BCUT2D eigenvalue weighted by Gasteiger charge is 2.38. The molecule has 7 nitrogen and oxygen atoms in total. The Balaban J connectivity index is 1.19. The predicted octanol–water partition coefficient (Wildman–Crippen LogP) is 6.96. The number of piperazine rings is 2. The Labute approximate surface area is 302 Å². The number of carbonyl (C=O) groups is 1. The zero-order valence-corrected chi connectivity index (χ0v) is 29.4. The molecule has 4 aromatic carbocycles. The largest absolute Gasteiger partial charge is 0.375 e. The summed E-state index contributed by atoms with van der Waals surface area (Å²) in [6.07, 6.45) is 0. The van der Waals surface area contributed by atoms with Crippen LogP contribution in [0.5, 0.6) is 0 Å². The third-order valence-corrected chi connectivity index (χ3v) is 9.91. The first-order chi connectivity index (χ1) is 24.4. The van der Waals surface area contributed by atoms with Crippen LogP contribution in [0, 0.1) is 11.6 Å². The molecule has 264 valence electrons. The summed E-state index contributed by atoms with van der Waals surface area (Å²) in [5.41, 5.74) is 3.05. The number of ether oxygens (including phenoxy) is 2. The van der Waals surface area contributed by atoms with E-state index in [1.165, 1.54) is 12.1 Å². The van der Waals surface area contributed by atoms with Crippen molar-refractivity contribution in [3.63, 3.8) is 0 Å². The fourth-order valence-electron chi connectivity index (χ4n) is 6.71. The van der Waals surface area contributed by atoms with Crippen molar-refractivity contribution in [1.82, 2.24) is 9.80 Å². The molecule has 0 radical (unpaired) electrons. The average Bonchev–Trinajstić information content (AvgIpc) is 3.13. The normalized spacial score (nSPS) is 17.1. The highest BCUT2D eigenvalue weighted by Crippen LogP contribution is 2.27. The lowest BCUT2D eigenvalue weighted by Crippen LogP contribution is -2.61. The summed E-state index contributed by atoms with van der Waals surface area (Å²) in [5.74, 6) is -0.709. The van der Waals surface area contributed by atoms with Gasteiger partial charge < -0.3 is 19.3 Å². The number of ketones is 1. The van der Waals surface area contributed by atoms with Crippen LogP contribution < -0.4 is 9.80 Å². The first-order valence-electron chi connectivity index (χ1n) is 17.0. The molecular weight excluding hydrogens is 681 g/mol. The molecule has 2 atom stereocenters. The van der Waals surface area contributed by atoms with Crippen molar-refractivity contribution < 1.29 is 23.0 Å². The fraction of sp³-hybridized carbons (Fsp3) is 0.359. The summed E-state index contributed by atoms with van der Waals surface area (Å²) < 4.78 is 42.1. The van der Waals surface area contributed by atoms with E-state index < -0.39 is 12.1 Å². The number of anilines is 2. The molecule has 2 fully saturated rings. The second-order valence-electron chi connectivity index (χ2n) is 12.7. The van der Waals surface area contributed by atoms with E-state index in [2.05, 4.69) is 9.80 Å². The van der Waals surface area contributed by atoms with Crippen LogP contribution in [0.4, 0.5) is 20.2 Å². The lowest BCUT2D eigenvalue weighted by molar-refractivity contribution is -0.135. The number of carbonyl (C=O) groups excluding carboxylic acids is 1. The minimum absolute atomic E-state index is 0.0170. The second kappa shape index (κ2) is 17.6. The van der Waals surface area contributed by atoms with Crippen molar-refractivity contribution in [3.05, 3.63) is 130 Å². The van der Waals surface area contributed by atoms with Crippen LogP contribution >= 0.6 is 23.2 Å². The lowest BCUT2D eigenvalue weighted by atomic mass is 10.0. The Morgan fingerprint density at radius 3 is 1.32 bits per heavy atom. The predicted molar refractivity (Wildman–Crippen MR) is 195 cm³/mol. The number of Topliss-reactive ketones (excluding diaryl/α,β-unsaturated/α-hetero) is 1. The van der Waals surface area contributed by atoms with Crippen molar-refractivity contribution in [2.45, 2.75) is 25.3 Å². The molecule has 0 saturated carbocycles. The maximum absolute atomic E-state index is 14.8. The smallest absolute Gasteiger partial charge is 0.171 e. The van der Waals surface area contributed by atoms with E-state index in [-0.39, 0.29) is 30.6 Å². The standard InChI is InChI=1S/C39H42Cl2F2N4O3/c40-31-11-13-35(33(42)23-31)44-15-19-46(20-16-44)37(27-49-25-29-7-3-1-4-8-29)39(48)38(28-50-26-30-9-5-2-6-10-30)47-21-17-45(18-22-47)36-14-12-32(41)24-34(36)43/h1-14,23-24,37-38H,15-22,25-28H2. The fourth-order valence-corrected chi connectivity index (χ4v) is 7.02. The van der Waals surface area contributed by atoms with E-state index in [4.69, 9.17) is 32.7 Å². The minimum Gasteiger partial charge on any atom is -0.375 e. The van der Waals surface area contributed by atoms with E-state index >= 15 is 0 Å². The number of hydrogen-bond acceptors (Lipinski definition) is 7. The molecule has 0 N–H and O–H groups in total. The van der Waals surface area contributed by atoms with Gasteiger partial charge in [-0.05, 0) is 47.5 Å². The molecule has 0 bridgehead atoms. The molecule has 6 rings (SSSR count). The summed E-state index contributed by atoms with van der Waals surface area (Å²) in [7, 11) is 0. The topological polar surface area (TPSA) is 48.5 Å². The van der Waals surface area contributed by atoms with Crippen LogP contribution in [0.3, 0.4) is 0 Å². The molecule has 0 spiro atoms. The van der Waals surface area contributed by atoms with Gasteiger partial charge in [-0.15, -0.1) is 0 Å². The third kappa shape index (κ3) is 9.40. The van der Waals surface area contributed by atoms with E-state index in [1.807, 2.05) is 70.5 Å². The maximum Gasteiger partial charge on any atom is 0.171 e. The molecule has 2 aliphatic rings. The Bertz CT molecular complexity index is 1560. The molecule has 4 aromatic rings. The van der Waals surface area contributed by atoms with Crippen molar-refractivity contribution in [2.75, 3.05) is 75.4 Å². The van der Waals surface area contributed by atoms with Gasteiger partial charge in [0.25, 0.3) is 0 Å². The number of halogens is 4. The van der Waals surface area contributed by atoms with Crippen molar-refractivity contribution in [3.8, 4) is 0 Å². The average molecular weight is 724 g/mol. The Kier molecular flexibility index (Phi) is 12.7. The van der Waals surface area contributed by atoms with Crippen molar-refractivity contribution in [2.24, 2.45) is 0 Å². The van der Waals surface area contributed by atoms with Gasteiger partial charge in [-0.25, -0.2) is 8.78 Å². The summed E-state index contributed by atoms with van der Waals surface area (Å²) >= 11 is 12.0. The second-order valence-corrected chi connectivity index (χ2v) is 13.5. The van der Waals surface area contributed by atoms with Gasteiger partial charge in [0.2, 0.25) is 0 Å². The summed E-state index contributed by atoms with van der Waals surface area (Å²) in [5, 5.41) is 0.705. The van der Waals surface area contributed by atoms with Crippen LogP contribution in [0.15, 0.2) is 97.1 Å². The number of nitrogens with zero attached hydrogens (tertiary/aromatic N) is 4. The van der Waals surface area contributed by atoms with Gasteiger partial charge in [-0.3, -0.25) is 14.6 Å². The molecule has 0 aliphatic carbocycles. The molecule has 11 heteroatoms. The monoisotopic (exact) mass is 722 g/mol. The molecule has 0 amide bonds. The molecule has 50 heavy (non-hydrogen) atoms. The zero-order chi connectivity index (χ0) is 34.9. The zero-order valence-electron chi connectivity index (χ0n) is 27.9. The Hall–Kier alpha value is -3.57. The van der Waals surface area contributed by atoms with Gasteiger partial charge in [0.05, 0.1) is 49.9 Å². The van der Waals surface area contributed by atoms with Gasteiger partial charge in [-0.1, -0.05) is 83.9 Å². The molecule has 0 aromatic heterocycles. The minimum atomic E-state index is -0.548. The number of rotatable bonds is 14. The maximum atomic E-state index is 14.8. The molecule has 2 unspecified atom stereocenters. The van der Waals surface area contributed by atoms with E-state index in [0.717, 1.165) is 11.1 Å². The molecule has 2 saturated heterocycles. The van der Waals surface area contributed by atoms with Crippen LogP contribution in [-0.2, 0) is 27.5 Å². The van der Waals surface area contributed by atoms with Gasteiger partial charge in [0, 0.05) is 62.4 Å². The van der Waals surface area contributed by atoms with Crippen LogP contribution in [0.1, 0.15) is 11.1 Å². The van der Waals surface area contributed by atoms with Gasteiger partial charge in [-0.2, -0.15) is 0 Å². The van der Waals surface area contributed by atoms with E-state index in [1.54, 1.807) is 24.3 Å². The van der Waals surface area contributed by atoms with Crippen molar-refractivity contribution >= 4 is 40.4 Å². The third-order valence-electron chi connectivity index (χ3n) is 9.44. The van der Waals surface area contributed by atoms with Gasteiger partial charge >= 0.3 is 0 Å². The molecular formula is C39H42Cl2F2N4O3.